The predicted molar refractivity (Wildman–Crippen MR) is 94.3 cm³/mol. The summed E-state index contributed by atoms with van der Waals surface area (Å²) in [4.78, 5) is 13.4. The molecule has 0 spiro atoms. The number of likely N-dealkylation sites (N-methyl/N-ethyl adjacent to an activating group) is 1. The second-order valence-corrected chi connectivity index (χ2v) is 7.13. The van der Waals surface area contributed by atoms with Crippen molar-refractivity contribution in [2.75, 3.05) is 26.7 Å². The molecule has 0 aliphatic rings. The van der Waals surface area contributed by atoms with Gasteiger partial charge in [0, 0.05) is 20.1 Å². The van der Waals surface area contributed by atoms with Crippen LogP contribution in [-0.4, -0.2) is 43.3 Å². The van der Waals surface area contributed by atoms with Crippen LogP contribution in [0.2, 0.25) is 0 Å². The van der Waals surface area contributed by atoms with Crippen molar-refractivity contribution in [1.82, 2.24) is 10.2 Å². The molecule has 0 aromatic carbocycles. The van der Waals surface area contributed by atoms with Gasteiger partial charge < -0.3 is 15.0 Å². The average molecular weight is 315 g/mol. The van der Waals surface area contributed by atoms with E-state index in [1.807, 2.05) is 20.8 Å². The van der Waals surface area contributed by atoms with E-state index in [-0.39, 0.29) is 6.09 Å². The topological polar surface area (TPSA) is 41.6 Å². The number of carbonyl (C=O) groups is 1. The van der Waals surface area contributed by atoms with Crippen molar-refractivity contribution >= 4 is 6.09 Å². The van der Waals surface area contributed by atoms with E-state index in [0.29, 0.717) is 6.54 Å². The molecule has 0 heterocycles. The van der Waals surface area contributed by atoms with Crippen LogP contribution in [0.3, 0.4) is 0 Å². The highest BCUT2D eigenvalue weighted by molar-refractivity contribution is 5.67. The summed E-state index contributed by atoms with van der Waals surface area (Å²) in [6, 6.07) is 0. The maximum atomic E-state index is 11.7. The van der Waals surface area contributed by atoms with E-state index in [9.17, 15) is 4.79 Å². The zero-order valence-electron chi connectivity index (χ0n) is 15.5. The summed E-state index contributed by atoms with van der Waals surface area (Å²) < 4.78 is 5.31. The van der Waals surface area contributed by atoms with Gasteiger partial charge in [-0.25, -0.2) is 4.79 Å². The lowest BCUT2D eigenvalue weighted by molar-refractivity contribution is 0.0300. The Morgan fingerprint density at radius 1 is 0.955 bits per heavy atom. The molecule has 1 N–H and O–H groups in total. The molecule has 0 saturated heterocycles. The fraction of sp³-hybridized carbons (Fsp3) is 0.944. The summed E-state index contributed by atoms with van der Waals surface area (Å²) in [5.74, 6) is 0. The number of nitrogens with one attached hydrogen (secondary N) is 1. The van der Waals surface area contributed by atoms with Crippen LogP contribution >= 0.6 is 0 Å². The van der Waals surface area contributed by atoms with Gasteiger partial charge in [0.1, 0.15) is 5.60 Å². The van der Waals surface area contributed by atoms with Crippen LogP contribution in [0.25, 0.3) is 0 Å². The number of unbranched alkanes of at least 4 members (excludes halogenated alkanes) is 7. The molecule has 0 aliphatic carbocycles. The summed E-state index contributed by atoms with van der Waals surface area (Å²) >= 11 is 0. The highest BCUT2D eigenvalue weighted by atomic mass is 16.6. The van der Waals surface area contributed by atoms with Crippen molar-refractivity contribution in [1.29, 1.82) is 0 Å². The maximum absolute atomic E-state index is 11.7. The van der Waals surface area contributed by atoms with Gasteiger partial charge in [0.05, 0.1) is 0 Å². The lowest BCUT2D eigenvalue weighted by Crippen LogP contribution is -2.38. The van der Waals surface area contributed by atoms with Crippen LogP contribution in [0, 0.1) is 0 Å². The molecule has 0 aliphatic heterocycles. The van der Waals surface area contributed by atoms with Gasteiger partial charge in [-0.15, -0.1) is 0 Å². The lowest BCUT2D eigenvalue weighted by Gasteiger charge is -2.24. The monoisotopic (exact) mass is 314 g/mol. The molecule has 0 atom stereocenters. The van der Waals surface area contributed by atoms with E-state index in [0.717, 1.165) is 13.1 Å². The SMILES string of the molecule is CCCCCCCCCCNCCN(C)C(=O)OC(C)(C)C. The smallest absolute Gasteiger partial charge is 0.410 e. The molecule has 1 amide bonds. The predicted octanol–water partition coefficient (Wildman–Crippen LogP) is 4.58. The zero-order chi connectivity index (χ0) is 16.8. The van der Waals surface area contributed by atoms with Gasteiger partial charge in [-0.3, -0.25) is 0 Å². The van der Waals surface area contributed by atoms with Gasteiger partial charge in [-0.2, -0.15) is 0 Å². The first-order chi connectivity index (χ1) is 10.4. The minimum Gasteiger partial charge on any atom is -0.444 e. The number of rotatable bonds is 12. The highest BCUT2D eigenvalue weighted by Gasteiger charge is 2.18. The van der Waals surface area contributed by atoms with Gasteiger partial charge in [0.25, 0.3) is 0 Å². The molecule has 0 aromatic heterocycles. The van der Waals surface area contributed by atoms with Crippen molar-refractivity contribution in [3.8, 4) is 0 Å². The molecule has 0 aromatic rings. The Morgan fingerprint density at radius 3 is 2.05 bits per heavy atom. The Bertz CT molecular complexity index is 275. The van der Waals surface area contributed by atoms with Crippen molar-refractivity contribution in [2.24, 2.45) is 0 Å². The molecule has 0 fully saturated rings. The highest BCUT2D eigenvalue weighted by Crippen LogP contribution is 2.09. The number of carbonyl (C=O) groups excluding carboxylic acids is 1. The Balaban J connectivity index is 3.37. The second kappa shape index (κ2) is 12.7. The van der Waals surface area contributed by atoms with E-state index in [4.69, 9.17) is 4.74 Å². The molecule has 0 saturated carbocycles. The number of hydrogen-bond acceptors (Lipinski definition) is 3. The normalized spacial score (nSPS) is 11.5. The van der Waals surface area contributed by atoms with Gasteiger partial charge in [-0.05, 0) is 33.7 Å². The van der Waals surface area contributed by atoms with E-state index in [2.05, 4.69) is 12.2 Å². The molecule has 0 unspecified atom stereocenters. The maximum Gasteiger partial charge on any atom is 0.410 e. The Hall–Kier alpha value is -0.770. The van der Waals surface area contributed by atoms with Crippen LogP contribution in [0.15, 0.2) is 0 Å². The van der Waals surface area contributed by atoms with E-state index in [1.165, 1.54) is 51.4 Å². The fourth-order valence-electron chi connectivity index (χ4n) is 2.19. The molecule has 0 radical (unpaired) electrons. The Morgan fingerprint density at radius 2 is 1.50 bits per heavy atom. The van der Waals surface area contributed by atoms with Crippen molar-refractivity contribution in [3.63, 3.8) is 0 Å². The number of hydrogen-bond donors (Lipinski definition) is 1. The van der Waals surface area contributed by atoms with E-state index >= 15 is 0 Å². The summed E-state index contributed by atoms with van der Waals surface area (Å²) in [5, 5.41) is 3.40. The summed E-state index contributed by atoms with van der Waals surface area (Å²) in [6.07, 6.45) is 10.5. The molecule has 0 rings (SSSR count). The van der Waals surface area contributed by atoms with Crippen LogP contribution < -0.4 is 5.32 Å². The number of nitrogens with zero attached hydrogens (tertiary/aromatic N) is 1. The van der Waals surface area contributed by atoms with Crippen molar-refractivity contribution < 1.29 is 9.53 Å². The van der Waals surface area contributed by atoms with Crippen molar-refractivity contribution in [3.05, 3.63) is 0 Å². The summed E-state index contributed by atoms with van der Waals surface area (Å²) in [6.45, 7) is 10.5. The molecular formula is C18H38N2O2. The zero-order valence-corrected chi connectivity index (χ0v) is 15.5. The first kappa shape index (κ1) is 21.2. The second-order valence-electron chi connectivity index (χ2n) is 7.13. The minimum atomic E-state index is -0.421. The van der Waals surface area contributed by atoms with Gasteiger partial charge >= 0.3 is 6.09 Å². The molecule has 0 bridgehead atoms. The number of amides is 1. The first-order valence-electron chi connectivity index (χ1n) is 9.01. The first-order valence-corrected chi connectivity index (χ1v) is 9.01. The third-order valence-corrected chi connectivity index (χ3v) is 3.54. The van der Waals surface area contributed by atoms with E-state index < -0.39 is 5.60 Å². The standard InChI is InChI=1S/C18H38N2O2/c1-6-7-8-9-10-11-12-13-14-19-15-16-20(5)17(21)22-18(2,3)4/h19H,6-16H2,1-5H3. The Labute approximate surface area is 138 Å². The molecule has 132 valence electrons. The van der Waals surface area contributed by atoms with Gasteiger partial charge in [0.2, 0.25) is 0 Å². The van der Waals surface area contributed by atoms with Crippen LogP contribution in [0.5, 0.6) is 0 Å². The largest absolute Gasteiger partial charge is 0.444 e. The molecular weight excluding hydrogens is 276 g/mol. The third-order valence-electron chi connectivity index (χ3n) is 3.54. The summed E-state index contributed by atoms with van der Waals surface area (Å²) in [5.41, 5.74) is -0.421. The number of ether oxygens (including phenoxy) is 1. The Kier molecular flexibility index (Phi) is 12.3. The van der Waals surface area contributed by atoms with Crippen LogP contribution in [0.4, 0.5) is 4.79 Å². The van der Waals surface area contributed by atoms with Gasteiger partial charge in [-0.1, -0.05) is 51.9 Å². The van der Waals surface area contributed by atoms with Crippen LogP contribution in [-0.2, 0) is 4.74 Å². The summed E-state index contributed by atoms with van der Waals surface area (Å²) in [7, 11) is 1.78. The molecule has 4 nitrogen and oxygen atoms in total. The molecule has 22 heavy (non-hydrogen) atoms. The lowest BCUT2D eigenvalue weighted by atomic mass is 10.1. The molecule has 4 heteroatoms. The van der Waals surface area contributed by atoms with Crippen molar-refractivity contribution in [2.45, 2.75) is 84.7 Å². The third kappa shape index (κ3) is 14.2. The minimum absolute atomic E-state index is 0.249. The van der Waals surface area contributed by atoms with Gasteiger partial charge in [0.15, 0.2) is 0 Å². The van der Waals surface area contributed by atoms with E-state index in [1.54, 1.807) is 11.9 Å². The quantitative estimate of drug-likeness (QED) is 0.536. The fourth-order valence-corrected chi connectivity index (χ4v) is 2.19. The van der Waals surface area contributed by atoms with Crippen LogP contribution in [0.1, 0.15) is 79.1 Å². The average Bonchev–Trinajstić information content (AvgIpc) is 2.42.